The quantitative estimate of drug-likeness (QED) is 0.751. The Bertz CT molecular complexity index is 828. The Labute approximate surface area is 127 Å². The molecule has 0 aliphatic heterocycles. The third kappa shape index (κ3) is 2.80. The Morgan fingerprint density at radius 1 is 1.09 bits per heavy atom. The molecule has 1 N–H and O–H groups in total. The molecule has 0 unspecified atom stereocenters. The Kier molecular flexibility index (Phi) is 3.58. The normalized spacial score (nSPS) is 11.6. The number of alkyl halides is 3. The molecule has 7 heteroatoms. The summed E-state index contributed by atoms with van der Waals surface area (Å²) >= 11 is 1.04. The first-order valence-electron chi connectivity index (χ1n) is 6.28. The molecule has 3 rings (SSSR count). The molecule has 3 aromatic rings. The van der Waals surface area contributed by atoms with Gasteiger partial charge in [0, 0.05) is 10.9 Å². The number of aromatic nitrogens is 1. The Morgan fingerprint density at radius 2 is 1.82 bits per heavy atom. The second-order valence-corrected chi connectivity index (χ2v) is 5.37. The Morgan fingerprint density at radius 3 is 2.50 bits per heavy atom. The second-order valence-electron chi connectivity index (χ2n) is 4.56. The fourth-order valence-electron chi connectivity index (χ4n) is 1.97. The van der Waals surface area contributed by atoms with E-state index in [9.17, 15) is 18.0 Å². The van der Waals surface area contributed by atoms with Crippen molar-refractivity contribution >= 4 is 33.3 Å². The molecule has 112 valence electrons. The van der Waals surface area contributed by atoms with Crippen LogP contribution in [0.4, 0.5) is 19.0 Å². The molecule has 1 amide bonds. The van der Waals surface area contributed by atoms with Crippen molar-refractivity contribution in [2.75, 3.05) is 5.32 Å². The van der Waals surface area contributed by atoms with Crippen molar-refractivity contribution in [3.05, 3.63) is 59.7 Å². The van der Waals surface area contributed by atoms with Crippen molar-refractivity contribution in [3.63, 3.8) is 0 Å². The highest BCUT2D eigenvalue weighted by atomic mass is 32.1. The van der Waals surface area contributed by atoms with Crippen molar-refractivity contribution in [1.82, 2.24) is 4.37 Å². The SMILES string of the molecule is O=C(Nc1nsc2ccc(C(F)(F)F)cc12)c1ccccc1. The van der Waals surface area contributed by atoms with Crippen LogP contribution in [0.15, 0.2) is 48.5 Å². The minimum atomic E-state index is -4.43. The highest BCUT2D eigenvalue weighted by molar-refractivity contribution is 7.13. The summed E-state index contributed by atoms with van der Waals surface area (Å²) < 4.78 is 42.9. The van der Waals surface area contributed by atoms with E-state index in [-0.39, 0.29) is 11.2 Å². The van der Waals surface area contributed by atoms with Crippen LogP contribution < -0.4 is 5.32 Å². The van der Waals surface area contributed by atoms with Gasteiger partial charge in [0.05, 0.1) is 10.3 Å². The molecule has 0 aliphatic rings. The van der Waals surface area contributed by atoms with Crippen LogP contribution in [-0.2, 0) is 6.18 Å². The maximum atomic E-state index is 12.8. The van der Waals surface area contributed by atoms with E-state index < -0.39 is 17.6 Å². The van der Waals surface area contributed by atoms with Crippen molar-refractivity contribution in [2.24, 2.45) is 0 Å². The lowest BCUT2D eigenvalue weighted by Gasteiger charge is -2.07. The first-order chi connectivity index (χ1) is 10.4. The highest BCUT2D eigenvalue weighted by Crippen LogP contribution is 2.35. The Hall–Kier alpha value is -2.41. The number of fused-ring (bicyclic) bond motifs is 1. The van der Waals surface area contributed by atoms with Gasteiger partial charge >= 0.3 is 6.18 Å². The van der Waals surface area contributed by atoms with Gasteiger partial charge in [0.1, 0.15) is 0 Å². The molecule has 0 fully saturated rings. The molecule has 0 bridgehead atoms. The monoisotopic (exact) mass is 322 g/mol. The largest absolute Gasteiger partial charge is 0.416 e. The van der Waals surface area contributed by atoms with Gasteiger partial charge < -0.3 is 5.32 Å². The molecule has 0 saturated heterocycles. The molecular weight excluding hydrogens is 313 g/mol. The zero-order valence-corrected chi connectivity index (χ0v) is 11.8. The van der Waals surface area contributed by atoms with Crippen molar-refractivity contribution < 1.29 is 18.0 Å². The van der Waals surface area contributed by atoms with E-state index in [4.69, 9.17) is 0 Å². The Balaban J connectivity index is 1.96. The van der Waals surface area contributed by atoms with Gasteiger partial charge in [-0.25, -0.2) is 0 Å². The van der Waals surface area contributed by atoms with E-state index in [1.54, 1.807) is 30.3 Å². The van der Waals surface area contributed by atoms with Gasteiger partial charge in [0.25, 0.3) is 5.91 Å². The van der Waals surface area contributed by atoms with Gasteiger partial charge in [0.15, 0.2) is 5.82 Å². The lowest BCUT2D eigenvalue weighted by Crippen LogP contribution is -2.12. The number of carbonyl (C=O) groups excluding carboxylic acids is 1. The van der Waals surface area contributed by atoms with E-state index in [2.05, 4.69) is 9.69 Å². The summed E-state index contributed by atoms with van der Waals surface area (Å²) in [7, 11) is 0. The zero-order valence-electron chi connectivity index (χ0n) is 11.0. The van der Waals surface area contributed by atoms with E-state index in [0.717, 1.165) is 23.7 Å². The maximum Gasteiger partial charge on any atom is 0.416 e. The number of benzene rings is 2. The molecule has 1 aromatic heterocycles. The molecule has 3 nitrogen and oxygen atoms in total. The molecule has 1 heterocycles. The van der Waals surface area contributed by atoms with Crippen LogP contribution in [0.1, 0.15) is 15.9 Å². The first-order valence-corrected chi connectivity index (χ1v) is 7.05. The predicted octanol–water partition coefficient (Wildman–Crippen LogP) is 4.57. The average Bonchev–Trinajstić information content (AvgIpc) is 2.89. The number of carbonyl (C=O) groups is 1. The molecule has 0 aliphatic carbocycles. The standard InChI is InChI=1S/C15H9F3N2OS/c16-15(17,18)10-6-7-12-11(8-10)13(20-22-12)19-14(21)9-4-2-1-3-5-9/h1-8H,(H,19,20,21). The summed E-state index contributed by atoms with van der Waals surface area (Å²) in [4.78, 5) is 12.1. The molecule has 0 atom stereocenters. The topological polar surface area (TPSA) is 42.0 Å². The van der Waals surface area contributed by atoms with E-state index in [0.29, 0.717) is 10.3 Å². The number of hydrogen-bond donors (Lipinski definition) is 1. The summed E-state index contributed by atoms with van der Waals surface area (Å²) in [6.45, 7) is 0. The third-order valence-corrected chi connectivity index (χ3v) is 3.89. The zero-order chi connectivity index (χ0) is 15.7. The minimum Gasteiger partial charge on any atom is -0.305 e. The second kappa shape index (κ2) is 5.42. The molecule has 0 radical (unpaired) electrons. The fourth-order valence-corrected chi connectivity index (χ4v) is 2.69. The van der Waals surface area contributed by atoms with E-state index in [1.807, 2.05) is 0 Å². The lowest BCUT2D eigenvalue weighted by molar-refractivity contribution is -0.137. The molecular formula is C15H9F3N2OS. The average molecular weight is 322 g/mol. The number of hydrogen-bond acceptors (Lipinski definition) is 3. The van der Waals surface area contributed by atoms with Gasteiger partial charge in [0.2, 0.25) is 0 Å². The van der Waals surface area contributed by atoms with Crippen LogP contribution in [0.2, 0.25) is 0 Å². The molecule has 22 heavy (non-hydrogen) atoms. The summed E-state index contributed by atoms with van der Waals surface area (Å²) in [5.41, 5.74) is -0.356. The summed E-state index contributed by atoms with van der Waals surface area (Å²) in [6.07, 6.45) is -4.43. The number of nitrogens with zero attached hydrogens (tertiary/aromatic N) is 1. The van der Waals surface area contributed by atoms with Crippen LogP contribution in [0, 0.1) is 0 Å². The van der Waals surface area contributed by atoms with Crippen LogP contribution in [0.5, 0.6) is 0 Å². The van der Waals surface area contributed by atoms with Gasteiger partial charge in [-0.2, -0.15) is 17.5 Å². The number of nitrogens with one attached hydrogen (secondary N) is 1. The van der Waals surface area contributed by atoms with Crippen LogP contribution >= 0.6 is 11.5 Å². The van der Waals surface area contributed by atoms with Crippen molar-refractivity contribution in [2.45, 2.75) is 6.18 Å². The van der Waals surface area contributed by atoms with E-state index in [1.165, 1.54) is 6.07 Å². The van der Waals surface area contributed by atoms with Gasteiger partial charge in [-0.15, -0.1) is 0 Å². The predicted molar refractivity (Wildman–Crippen MR) is 79.0 cm³/mol. The summed E-state index contributed by atoms with van der Waals surface area (Å²) in [5.74, 6) is -0.273. The van der Waals surface area contributed by atoms with Crippen molar-refractivity contribution in [3.8, 4) is 0 Å². The van der Waals surface area contributed by atoms with Crippen LogP contribution in [0.25, 0.3) is 10.1 Å². The number of rotatable bonds is 2. The lowest BCUT2D eigenvalue weighted by atomic mass is 10.1. The minimum absolute atomic E-state index is 0.139. The smallest absolute Gasteiger partial charge is 0.305 e. The summed E-state index contributed by atoms with van der Waals surface area (Å²) in [6, 6.07) is 11.8. The van der Waals surface area contributed by atoms with Gasteiger partial charge in [-0.1, -0.05) is 18.2 Å². The third-order valence-electron chi connectivity index (χ3n) is 3.07. The molecule has 2 aromatic carbocycles. The fraction of sp³-hybridized carbons (Fsp3) is 0.0667. The highest BCUT2D eigenvalue weighted by Gasteiger charge is 2.31. The van der Waals surface area contributed by atoms with Crippen LogP contribution in [0.3, 0.4) is 0 Å². The molecule has 0 saturated carbocycles. The number of amides is 1. The summed E-state index contributed by atoms with van der Waals surface area (Å²) in [5, 5.41) is 2.83. The number of halogens is 3. The first kappa shape index (κ1) is 14.5. The maximum absolute atomic E-state index is 12.8. The van der Waals surface area contributed by atoms with Gasteiger partial charge in [-0.05, 0) is 41.9 Å². The number of anilines is 1. The van der Waals surface area contributed by atoms with Crippen LogP contribution in [-0.4, -0.2) is 10.3 Å². The van der Waals surface area contributed by atoms with Gasteiger partial charge in [-0.3, -0.25) is 4.79 Å². The molecule has 0 spiro atoms. The van der Waals surface area contributed by atoms with Crippen molar-refractivity contribution in [1.29, 1.82) is 0 Å². The van der Waals surface area contributed by atoms with E-state index >= 15 is 0 Å².